The molecule has 2 unspecified atom stereocenters. The topological polar surface area (TPSA) is 101 Å². The van der Waals surface area contributed by atoms with Crippen LogP contribution >= 0.6 is 11.6 Å². The molecule has 12 heteroatoms. The standard InChI is InChI=1S/C36H36ClFN6O4/c1-20-31(48-34(20)46)33(45)44-22-10-11-23(44)18-42(17-22)32-25-16-39-29(24-8-2-6-21-7-3-9-26(37)27(21)24)28(38)30(25)40-35(41-32)47-19-36-12-4-14-43(36)15-5-13-36/h2-3,6-9,16,20,22-23,31H,4-5,10-15,17-19H2,1H3/t20-,22?,23?,31+/m1/s1. The first-order chi connectivity index (χ1) is 23.3. The van der Waals surface area contributed by atoms with Crippen molar-refractivity contribution in [1.82, 2.24) is 24.8 Å². The zero-order valence-electron chi connectivity index (χ0n) is 26.7. The van der Waals surface area contributed by atoms with Gasteiger partial charge in [-0.2, -0.15) is 9.97 Å². The molecule has 1 amide bonds. The van der Waals surface area contributed by atoms with Gasteiger partial charge in [0.1, 0.15) is 29.6 Å². The average molecular weight is 671 g/mol. The molecule has 0 saturated carbocycles. The zero-order valence-corrected chi connectivity index (χ0v) is 27.5. The number of carbonyl (C=O) groups is 2. The van der Waals surface area contributed by atoms with Gasteiger partial charge in [-0.15, -0.1) is 0 Å². The third kappa shape index (κ3) is 4.57. The van der Waals surface area contributed by atoms with E-state index in [4.69, 9.17) is 31.0 Å². The van der Waals surface area contributed by atoms with Crippen LogP contribution in [0.3, 0.4) is 0 Å². The molecular weight excluding hydrogens is 635 g/mol. The Morgan fingerprint density at radius 3 is 2.52 bits per heavy atom. The lowest BCUT2D eigenvalue weighted by atomic mass is 9.95. The van der Waals surface area contributed by atoms with Crippen molar-refractivity contribution < 1.29 is 23.5 Å². The van der Waals surface area contributed by atoms with Crippen LogP contribution in [0.4, 0.5) is 10.2 Å². The predicted molar refractivity (Wildman–Crippen MR) is 178 cm³/mol. The first-order valence-electron chi connectivity index (χ1n) is 17.0. The van der Waals surface area contributed by atoms with E-state index in [0.717, 1.165) is 62.4 Å². The maximum Gasteiger partial charge on any atom is 0.319 e. The Labute approximate surface area is 282 Å². The van der Waals surface area contributed by atoms with Gasteiger partial charge in [0.25, 0.3) is 5.91 Å². The number of halogens is 2. The molecule has 4 aromatic rings. The van der Waals surface area contributed by atoms with Gasteiger partial charge in [-0.3, -0.25) is 19.5 Å². The van der Waals surface area contributed by atoms with Gasteiger partial charge in [-0.1, -0.05) is 41.9 Å². The zero-order chi connectivity index (χ0) is 32.7. The number of carbonyl (C=O) groups excluding carboxylic acids is 2. The number of rotatable bonds is 6. The van der Waals surface area contributed by atoms with E-state index < -0.39 is 17.8 Å². The largest absolute Gasteiger partial charge is 0.461 e. The summed E-state index contributed by atoms with van der Waals surface area (Å²) in [5.74, 6) is -0.919. The molecule has 0 spiro atoms. The molecule has 5 aliphatic heterocycles. The number of fused-ring (bicyclic) bond motifs is 5. The Balaban J connectivity index is 1.11. The average Bonchev–Trinajstić information content (AvgIpc) is 3.76. The normalized spacial score (nSPS) is 26.2. The Morgan fingerprint density at radius 2 is 1.81 bits per heavy atom. The lowest BCUT2D eigenvalue weighted by molar-refractivity contribution is -0.192. The number of ether oxygens (including phenoxy) is 2. The molecule has 10 nitrogen and oxygen atoms in total. The van der Waals surface area contributed by atoms with Gasteiger partial charge in [-0.25, -0.2) is 4.39 Å². The van der Waals surface area contributed by atoms with Gasteiger partial charge in [0.15, 0.2) is 11.9 Å². The molecule has 5 aliphatic rings. The molecule has 0 aliphatic carbocycles. The number of amides is 1. The third-order valence-corrected chi connectivity index (χ3v) is 11.7. The number of hydrogen-bond donors (Lipinski definition) is 0. The number of cyclic esters (lactones) is 1. The molecule has 2 aromatic heterocycles. The van der Waals surface area contributed by atoms with Gasteiger partial charge >= 0.3 is 12.0 Å². The maximum atomic E-state index is 16.9. The molecule has 0 radical (unpaired) electrons. The van der Waals surface area contributed by atoms with E-state index >= 15 is 4.39 Å². The van der Waals surface area contributed by atoms with Gasteiger partial charge in [-0.05, 0) is 70.0 Å². The van der Waals surface area contributed by atoms with E-state index in [1.165, 1.54) is 0 Å². The van der Waals surface area contributed by atoms with Crippen molar-refractivity contribution >= 4 is 51.0 Å². The van der Waals surface area contributed by atoms with Crippen LogP contribution in [-0.2, 0) is 14.3 Å². The molecular formula is C36H36ClFN6O4. The van der Waals surface area contributed by atoms with E-state index in [2.05, 4.69) is 14.8 Å². The summed E-state index contributed by atoms with van der Waals surface area (Å²) < 4.78 is 28.5. The summed E-state index contributed by atoms with van der Waals surface area (Å²) in [6.45, 7) is 5.32. The molecule has 5 saturated heterocycles. The number of anilines is 1. The minimum absolute atomic E-state index is 0.0344. The van der Waals surface area contributed by atoms with Crippen LogP contribution in [0.1, 0.15) is 45.4 Å². The van der Waals surface area contributed by atoms with E-state index in [1.54, 1.807) is 19.2 Å². The second-order valence-corrected chi connectivity index (χ2v) is 14.5. The minimum Gasteiger partial charge on any atom is -0.461 e. The van der Waals surface area contributed by atoms with Gasteiger partial charge in [0.05, 0.1) is 10.9 Å². The minimum atomic E-state index is -0.726. The van der Waals surface area contributed by atoms with E-state index in [-0.39, 0.29) is 46.7 Å². The molecule has 0 N–H and O–H groups in total. The van der Waals surface area contributed by atoms with Crippen LogP contribution in [0.25, 0.3) is 32.9 Å². The number of piperazine rings is 1. The van der Waals surface area contributed by atoms with Crippen molar-refractivity contribution in [1.29, 1.82) is 0 Å². The van der Waals surface area contributed by atoms with Crippen LogP contribution in [0.2, 0.25) is 5.02 Å². The number of esters is 1. The Bertz CT molecular complexity index is 1960. The highest BCUT2D eigenvalue weighted by molar-refractivity contribution is 6.36. The molecule has 2 aromatic carbocycles. The summed E-state index contributed by atoms with van der Waals surface area (Å²) in [7, 11) is 0. The first kappa shape index (κ1) is 30.0. The smallest absolute Gasteiger partial charge is 0.319 e. The van der Waals surface area contributed by atoms with E-state index in [9.17, 15) is 9.59 Å². The summed E-state index contributed by atoms with van der Waals surface area (Å²) in [6, 6.07) is 11.2. The van der Waals surface area contributed by atoms with Crippen molar-refractivity contribution in [2.24, 2.45) is 5.92 Å². The van der Waals surface area contributed by atoms with Gasteiger partial charge in [0.2, 0.25) is 0 Å². The highest BCUT2D eigenvalue weighted by atomic mass is 35.5. The number of pyridine rings is 1. The van der Waals surface area contributed by atoms with E-state index in [0.29, 0.717) is 41.5 Å². The fourth-order valence-electron chi connectivity index (χ4n) is 8.90. The summed E-state index contributed by atoms with van der Waals surface area (Å²) in [5.41, 5.74) is 0.848. The van der Waals surface area contributed by atoms with Crippen molar-refractivity contribution in [3.8, 4) is 17.3 Å². The van der Waals surface area contributed by atoms with Crippen LogP contribution in [0, 0.1) is 11.7 Å². The van der Waals surface area contributed by atoms with Crippen LogP contribution in [0.15, 0.2) is 42.6 Å². The number of benzene rings is 2. The quantitative estimate of drug-likeness (QED) is 0.250. The SMILES string of the molecule is C[C@H]1C(=O)O[C@@H]1C(=O)N1C2CCC1CN(c1nc(OCC34CCCN3CCC4)nc3c(F)c(-c4cccc5cccc(Cl)c45)ncc13)C2. The Hall–Kier alpha value is -4.09. The number of nitrogens with zero attached hydrogens (tertiary/aromatic N) is 6. The van der Waals surface area contributed by atoms with E-state index in [1.807, 2.05) is 35.2 Å². The predicted octanol–water partition coefficient (Wildman–Crippen LogP) is 5.39. The molecule has 9 rings (SSSR count). The second-order valence-electron chi connectivity index (χ2n) is 14.0. The third-order valence-electron chi connectivity index (χ3n) is 11.4. The lowest BCUT2D eigenvalue weighted by Gasteiger charge is -2.44. The van der Waals surface area contributed by atoms with Gasteiger partial charge < -0.3 is 19.3 Å². The molecule has 2 bridgehead atoms. The summed E-state index contributed by atoms with van der Waals surface area (Å²) in [6.07, 6.45) is 6.96. The van der Waals surface area contributed by atoms with Crippen LogP contribution in [0.5, 0.6) is 6.01 Å². The fraction of sp³-hybridized carbons (Fsp3) is 0.472. The highest BCUT2D eigenvalue weighted by Gasteiger charge is 2.52. The van der Waals surface area contributed by atoms with Crippen molar-refractivity contribution in [3.63, 3.8) is 0 Å². The van der Waals surface area contributed by atoms with Gasteiger partial charge in [0, 0.05) is 47.3 Å². The van der Waals surface area contributed by atoms with Crippen molar-refractivity contribution in [3.05, 3.63) is 53.4 Å². The fourth-order valence-corrected chi connectivity index (χ4v) is 9.18. The lowest BCUT2D eigenvalue weighted by Crippen LogP contribution is -2.62. The molecule has 248 valence electrons. The molecule has 7 heterocycles. The molecule has 4 atom stereocenters. The van der Waals surface area contributed by atoms with Crippen LogP contribution in [-0.4, -0.2) is 93.1 Å². The number of aromatic nitrogens is 3. The van der Waals surface area contributed by atoms with Crippen molar-refractivity contribution in [2.75, 3.05) is 37.7 Å². The monoisotopic (exact) mass is 670 g/mol. The summed E-state index contributed by atoms with van der Waals surface area (Å²) in [5, 5.41) is 2.61. The van der Waals surface area contributed by atoms with Crippen molar-refractivity contribution in [2.45, 2.75) is 69.2 Å². The molecule has 48 heavy (non-hydrogen) atoms. The van der Waals surface area contributed by atoms with Crippen LogP contribution < -0.4 is 9.64 Å². The summed E-state index contributed by atoms with van der Waals surface area (Å²) in [4.78, 5) is 46.0. The summed E-state index contributed by atoms with van der Waals surface area (Å²) >= 11 is 6.64. The highest BCUT2D eigenvalue weighted by Crippen LogP contribution is 2.42. The Kier molecular flexibility index (Phi) is 7.02. The second kappa shape index (κ2) is 11.2. The maximum absolute atomic E-state index is 16.9. The molecule has 5 fully saturated rings. The first-order valence-corrected chi connectivity index (χ1v) is 17.4. The Morgan fingerprint density at radius 1 is 1.08 bits per heavy atom. The number of hydrogen-bond acceptors (Lipinski definition) is 9.